The van der Waals surface area contributed by atoms with E-state index in [2.05, 4.69) is 10.2 Å². The van der Waals surface area contributed by atoms with Crippen LogP contribution in [0.15, 0.2) is 64.2 Å². The molecule has 0 unspecified atom stereocenters. The minimum atomic E-state index is -0.339. The first kappa shape index (κ1) is 21.8. The number of hydrogen-bond acceptors (Lipinski definition) is 6. The fraction of sp³-hybridized carbons (Fsp3) is 0.208. The summed E-state index contributed by atoms with van der Waals surface area (Å²) in [5.74, 6) is 0.745. The summed E-state index contributed by atoms with van der Waals surface area (Å²) in [6.45, 7) is 5.79. The van der Waals surface area contributed by atoms with Crippen molar-refractivity contribution in [2.24, 2.45) is 0 Å². The standard InChI is InChI=1S/C24H22FN3O3S/c1-15-7-6-8-18(11-15)30-13-23-26-27-24(31-23)32-14-22(29)19-12-16(2)28(17(19)3)21-10-5-4-9-20(21)25/h4-12H,13-14H2,1-3H3. The van der Waals surface area contributed by atoms with Crippen molar-refractivity contribution >= 4 is 17.5 Å². The van der Waals surface area contributed by atoms with Gasteiger partial charge in [-0.05, 0) is 56.7 Å². The molecule has 0 spiro atoms. The number of Topliss-reactive ketones (excluding diaryl/α,β-unsaturated/α-hetero) is 1. The fourth-order valence-corrected chi connectivity index (χ4v) is 4.12. The average molecular weight is 452 g/mol. The number of nitrogens with zero attached hydrogens (tertiary/aromatic N) is 3. The van der Waals surface area contributed by atoms with E-state index in [1.165, 1.54) is 6.07 Å². The largest absolute Gasteiger partial charge is 0.484 e. The first-order valence-corrected chi connectivity index (χ1v) is 11.0. The van der Waals surface area contributed by atoms with Gasteiger partial charge >= 0.3 is 0 Å². The number of para-hydroxylation sites is 1. The summed E-state index contributed by atoms with van der Waals surface area (Å²) >= 11 is 1.16. The lowest BCUT2D eigenvalue weighted by atomic mass is 10.2. The topological polar surface area (TPSA) is 70.2 Å². The lowest BCUT2D eigenvalue weighted by Crippen LogP contribution is -2.06. The Balaban J connectivity index is 1.39. The first-order valence-electron chi connectivity index (χ1n) is 10.0. The Kier molecular flexibility index (Phi) is 6.41. The zero-order valence-electron chi connectivity index (χ0n) is 18.0. The molecule has 0 radical (unpaired) electrons. The molecule has 2 aromatic heterocycles. The highest BCUT2D eigenvalue weighted by Gasteiger charge is 2.19. The molecule has 4 rings (SSSR count). The van der Waals surface area contributed by atoms with Crippen LogP contribution in [0, 0.1) is 26.6 Å². The number of aryl methyl sites for hydroxylation is 2. The van der Waals surface area contributed by atoms with Crippen molar-refractivity contribution in [3.05, 3.63) is 88.8 Å². The maximum absolute atomic E-state index is 14.3. The van der Waals surface area contributed by atoms with Gasteiger partial charge in [-0.15, -0.1) is 10.2 Å². The van der Waals surface area contributed by atoms with Gasteiger partial charge in [0.05, 0.1) is 11.4 Å². The molecule has 0 atom stereocenters. The van der Waals surface area contributed by atoms with E-state index in [-0.39, 0.29) is 24.0 Å². The average Bonchev–Trinajstić information content (AvgIpc) is 3.35. The van der Waals surface area contributed by atoms with E-state index in [1.807, 2.05) is 45.0 Å². The number of carbonyl (C=O) groups is 1. The highest BCUT2D eigenvalue weighted by Crippen LogP contribution is 2.25. The molecule has 0 aliphatic carbocycles. The molecule has 0 saturated heterocycles. The highest BCUT2D eigenvalue weighted by molar-refractivity contribution is 7.99. The molecule has 4 aromatic rings. The van der Waals surface area contributed by atoms with Crippen molar-refractivity contribution < 1.29 is 18.3 Å². The Labute approximate surface area is 189 Å². The van der Waals surface area contributed by atoms with Gasteiger partial charge in [-0.1, -0.05) is 36.0 Å². The van der Waals surface area contributed by atoms with Crippen molar-refractivity contribution in [1.82, 2.24) is 14.8 Å². The van der Waals surface area contributed by atoms with Gasteiger partial charge in [-0.2, -0.15) is 0 Å². The number of ketones is 1. The molecule has 32 heavy (non-hydrogen) atoms. The first-order chi connectivity index (χ1) is 15.4. The molecule has 2 aromatic carbocycles. The molecule has 0 amide bonds. The molecule has 0 bridgehead atoms. The zero-order chi connectivity index (χ0) is 22.7. The number of rotatable bonds is 8. The number of halogens is 1. The number of thioether (sulfide) groups is 1. The molecule has 164 valence electrons. The van der Waals surface area contributed by atoms with Gasteiger partial charge in [0.1, 0.15) is 11.6 Å². The summed E-state index contributed by atoms with van der Waals surface area (Å²) in [7, 11) is 0. The van der Waals surface area contributed by atoms with E-state index in [4.69, 9.17) is 9.15 Å². The summed E-state index contributed by atoms with van der Waals surface area (Å²) in [6, 6.07) is 16.0. The van der Waals surface area contributed by atoms with Gasteiger partial charge in [0.25, 0.3) is 11.1 Å². The lowest BCUT2D eigenvalue weighted by Gasteiger charge is -2.10. The fourth-order valence-electron chi connectivity index (χ4n) is 3.46. The third-order valence-corrected chi connectivity index (χ3v) is 5.77. The Morgan fingerprint density at radius 1 is 1.09 bits per heavy atom. The maximum Gasteiger partial charge on any atom is 0.277 e. The zero-order valence-corrected chi connectivity index (χ0v) is 18.8. The SMILES string of the molecule is Cc1cccc(OCc2nnc(SCC(=O)c3cc(C)n(-c4ccccc4F)c3C)o2)c1. The molecular weight excluding hydrogens is 429 g/mol. The van der Waals surface area contributed by atoms with E-state index in [1.54, 1.807) is 28.8 Å². The van der Waals surface area contributed by atoms with Crippen LogP contribution in [-0.4, -0.2) is 26.3 Å². The van der Waals surface area contributed by atoms with E-state index in [9.17, 15) is 9.18 Å². The van der Waals surface area contributed by atoms with Gasteiger partial charge in [-0.3, -0.25) is 4.79 Å². The van der Waals surface area contributed by atoms with Crippen molar-refractivity contribution in [2.45, 2.75) is 32.6 Å². The molecule has 6 nitrogen and oxygen atoms in total. The van der Waals surface area contributed by atoms with Crippen LogP contribution in [0.5, 0.6) is 5.75 Å². The number of benzene rings is 2. The molecule has 0 saturated carbocycles. The second-order valence-electron chi connectivity index (χ2n) is 7.35. The Morgan fingerprint density at radius 3 is 2.69 bits per heavy atom. The van der Waals surface area contributed by atoms with Gasteiger partial charge in [0, 0.05) is 17.0 Å². The number of hydrogen-bond donors (Lipinski definition) is 0. The van der Waals surface area contributed by atoms with Crippen LogP contribution >= 0.6 is 11.8 Å². The van der Waals surface area contributed by atoms with E-state index in [0.717, 1.165) is 28.8 Å². The minimum absolute atomic E-state index is 0.0959. The monoisotopic (exact) mass is 451 g/mol. The van der Waals surface area contributed by atoms with E-state index < -0.39 is 0 Å². The molecular formula is C24H22FN3O3S. The maximum atomic E-state index is 14.3. The Bertz CT molecular complexity index is 1270. The van der Waals surface area contributed by atoms with Crippen molar-refractivity contribution in [3.63, 3.8) is 0 Å². The van der Waals surface area contributed by atoms with E-state index in [0.29, 0.717) is 28.1 Å². The molecule has 0 aliphatic heterocycles. The third-order valence-electron chi connectivity index (χ3n) is 4.95. The molecule has 0 fully saturated rings. The summed E-state index contributed by atoms with van der Waals surface area (Å²) in [6.07, 6.45) is 0. The minimum Gasteiger partial charge on any atom is -0.484 e. The van der Waals surface area contributed by atoms with Crippen LogP contribution in [0.1, 0.15) is 33.2 Å². The van der Waals surface area contributed by atoms with Gasteiger partial charge in [-0.25, -0.2) is 4.39 Å². The molecule has 2 heterocycles. The number of carbonyl (C=O) groups excluding carboxylic acids is 1. The lowest BCUT2D eigenvalue weighted by molar-refractivity contribution is 0.102. The molecule has 0 N–H and O–H groups in total. The highest BCUT2D eigenvalue weighted by atomic mass is 32.2. The second kappa shape index (κ2) is 9.40. The van der Waals surface area contributed by atoms with Crippen LogP contribution < -0.4 is 4.74 Å². The van der Waals surface area contributed by atoms with Crippen LogP contribution in [0.25, 0.3) is 5.69 Å². The van der Waals surface area contributed by atoms with Crippen molar-refractivity contribution in [2.75, 3.05) is 5.75 Å². The summed E-state index contributed by atoms with van der Waals surface area (Å²) in [4.78, 5) is 12.8. The predicted octanol–water partition coefficient (Wildman–Crippen LogP) is 5.48. The molecule has 0 aliphatic rings. The predicted molar refractivity (Wildman–Crippen MR) is 120 cm³/mol. The molecule has 8 heteroatoms. The quantitative estimate of drug-likeness (QED) is 0.261. The van der Waals surface area contributed by atoms with Gasteiger partial charge < -0.3 is 13.7 Å². The van der Waals surface area contributed by atoms with Crippen LogP contribution in [0.4, 0.5) is 4.39 Å². The smallest absolute Gasteiger partial charge is 0.277 e. The Hall–Kier alpha value is -3.39. The second-order valence-corrected chi connectivity index (χ2v) is 8.28. The van der Waals surface area contributed by atoms with Crippen LogP contribution in [0.3, 0.4) is 0 Å². The van der Waals surface area contributed by atoms with Crippen LogP contribution in [-0.2, 0) is 6.61 Å². The normalized spacial score (nSPS) is 11.0. The van der Waals surface area contributed by atoms with Crippen molar-refractivity contribution in [3.8, 4) is 11.4 Å². The Morgan fingerprint density at radius 2 is 1.91 bits per heavy atom. The number of ether oxygens (including phenoxy) is 1. The van der Waals surface area contributed by atoms with Gasteiger partial charge in [0.2, 0.25) is 0 Å². The van der Waals surface area contributed by atoms with Crippen LogP contribution in [0.2, 0.25) is 0 Å². The van der Waals surface area contributed by atoms with Crippen molar-refractivity contribution in [1.29, 1.82) is 0 Å². The number of aromatic nitrogens is 3. The summed E-state index contributed by atoms with van der Waals surface area (Å²) in [5.41, 5.74) is 3.53. The van der Waals surface area contributed by atoms with Gasteiger partial charge in [0.15, 0.2) is 12.4 Å². The van der Waals surface area contributed by atoms with E-state index >= 15 is 0 Å². The summed E-state index contributed by atoms with van der Waals surface area (Å²) in [5, 5.41) is 8.24. The summed E-state index contributed by atoms with van der Waals surface area (Å²) < 4.78 is 27.2. The third kappa shape index (κ3) is 4.75.